The molecule has 0 aliphatic carbocycles. The van der Waals surface area contributed by atoms with Gasteiger partial charge in [-0.15, -0.1) is 0 Å². The van der Waals surface area contributed by atoms with Crippen LogP contribution in [-0.2, 0) is 3.79 Å². The van der Waals surface area contributed by atoms with E-state index in [1.54, 1.807) is 48.5 Å². The third-order valence-electron chi connectivity index (χ3n) is 2.71. The molecule has 0 spiro atoms. The van der Waals surface area contributed by atoms with Crippen molar-refractivity contribution in [3.05, 3.63) is 65.7 Å². The number of anilines is 1. The van der Waals surface area contributed by atoms with E-state index in [1.165, 1.54) is 0 Å². The molecule has 104 valence electrons. The summed E-state index contributed by atoms with van der Waals surface area (Å²) in [6, 6.07) is 15.2. The molecule has 2 rings (SSSR count). The number of carbonyl (C=O) groups excluding carboxylic acids is 1. The van der Waals surface area contributed by atoms with Gasteiger partial charge in [-0.25, -0.2) is 10.9 Å². The Morgan fingerprint density at radius 1 is 0.950 bits per heavy atom. The van der Waals surface area contributed by atoms with E-state index in [2.05, 4.69) is 0 Å². The topological polar surface area (TPSA) is 46.3 Å². The Morgan fingerprint density at radius 3 is 2.00 bits per heavy atom. The molecule has 2 aromatic carbocycles. The molecule has 3 nitrogen and oxygen atoms in total. The van der Waals surface area contributed by atoms with Crippen LogP contribution in [0.4, 0.5) is 5.69 Å². The number of hydrogen-bond acceptors (Lipinski definition) is 2. The van der Waals surface area contributed by atoms with Crippen LogP contribution in [0.5, 0.6) is 0 Å². The Kier molecular flexibility index (Phi) is 4.55. The molecule has 0 saturated heterocycles. The highest BCUT2D eigenvalue weighted by molar-refractivity contribution is 6.66. The molecule has 0 radical (unpaired) electrons. The second-order valence-electron chi connectivity index (χ2n) is 4.09. The predicted octanol–water partition coefficient (Wildman–Crippen LogP) is 4.03. The van der Waals surface area contributed by atoms with E-state index in [-0.39, 0.29) is 5.91 Å². The lowest BCUT2D eigenvalue weighted by molar-refractivity contribution is 0.0987. The molecule has 0 aliphatic heterocycles. The molecule has 2 aromatic rings. The minimum absolute atomic E-state index is 0.313. The van der Waals surface area contributed by atoms with Gasteiger partial charge >= 0.3 is 0 Å². The van der Waals surface area contributed by atoms with Gasteiger partial charge in [0.15, 0.2) is 0 Å². The van der Waals surface area contributed by atoms with E-state index < -0.39 is 3.79 Å². The maximum absolute atomic E-state index is 12.1. The number of nitrogens with zero attached hydrogens (tertiary/aromatic N) is 1. The van der Waals surface area contributed by atoms with Crippen molar-refractivity contribution in [2.75, 3.05) is 5.01 Å². The molecule has 0 saturated carbocycles. The summed E-state index contributed by atoms with van der Waals surface area (Å²) in [7, 11) is 0. The van der Waals surface area contributed by atoms with Crippen molar-refractivity contribution in [3.63, 3.8) is 0 Å². The number of nitrogens with two attached hydrogens (primary N) is 1. The van der Waals surface area contributed by atoms with E-state index in [4.69, 9.17) is 40.6 Å². The molecule has 0 atom stereocenters. The van der Waals surface area contributed by atoms with E-state index >= 15 is 0 Å². The quantitative estimate of drug-likeness (QED) is 0.391. The average molecular weight is 330 g/mol. The fraction of sp³-hybridized carbons (Fsp3) is 0.0714. The number of carbonyl (C=O) groups is 1. The zero-order chi connectivity index (χ0) is 14.8. The first-order valence-corrected chi connectivity index (χ1v) is 6.84. The highest BCUT2D eigenvalue weighted by atomic mass is 35.6. The second kappa shape index (κ2) is 6.02. The second-order valence-corrected chi connectivity index (χ2v) is 6.37. The van der Waals surface area contributed by atoms with Crippen molar-refractivity contribution < 1.29 is 4.79 Å². The Morgan fingerprint density at radius 2 is 1.50 bits per heavy atom. The van der Waals surface area contributed by atoms with E-state index in [0.717, 1.165) is 5.01 Å². The van der Waals surface area contributed by atoms with Crippen molar-refractivity contribution in [2.45, 2.75) is 3.79 Å². The van der Waals surface area contributed by atoms with Crippen LogP contribution < -0.4 is 10.9 Å². The largest absolute Gasteiger partial charge is 0.272 e. The third kappa shape index (κ3) is 3.44. The molecular weight excluding hydrogens is 319 g/mol. The van der Waals surface area contributed by atoms with Gasteiger partial charge in [-0.3, -0.25) is 4.79 Å². The number of benzene rings is 2. The summed E-state index contributed by atoms with van der Waals surface area (Å²) in [5.74, 6) is 5.50. The maximum atomic E-state index is 12.1. The molecule has 2 N–H and O–H groups in total. The van der Waals surface area contributed by atoms with Gasteiger partial charge in [-0.2, -0.15) is 0 Å². The molecule has 0 aliphatic rings. The molecule has 1 amide bonds. The average Bonchev–Trinajstić information content (AvgIpc) is 2.46. The van der Waals surface area contributed by atoms with E-state index in [1.807, 2.05) is 6.07 Å². The highest BCUT2D eigenvalue weighted by Crippen LogP contribution is 2.38. The summed E-state index contributed by atoms with van der Waals surface area (Å²) in [6.45, 7) is 0. The first kappa shape index (κ1) is 15.1. The normalized spacial score (nSPS) is 11.2. The minimum atomic E-state index is -1.50. The zero-order valence-corrected chi connectivity index (χ0v) is 12.5. The lowest BCUT2D eigenvalue weighted by atomic mass is 10.2. The summed E-state index contributed by atoms with van der Waals surface area (Å²) >= 11 is 17.3. The molecular formula is C14H11Cl3N2O. The van der Waals surface area contributed by atoms with Gasteiger partial charge in [-0.05, 0) is 24.3 Å². The van der Waals surface area contributed by atoms with Crippen LogP contribution in [0.2, 0.25) is 0 Å². The number of rotatable bonds is 2. The number of alkyl halides is 3. The van der Waals surface area contributed by atoms with Crippen molar-refractivity contribution in [3.8, 4) is 0 Å². The fourth-order valence-corrected chi connectivity index (χ4v) is 2.03. The number of amides is 1. The Bertz CT molecular complexity index is 594. The van der Waals surface area contributed by atoms with Crippen LogP contribution in [0.15, 0.2) is 54.6 Å². The summed E-state index contributed by atoms with van der Waals surface area (Å²) < 4.78 is -1.50. The molecule has 0 aromatic heterocycles. The Labute approximate surface area is 131 Å². The van der Waals surface area contributed by atoms with Crippen molar-refractivity contribution in [1.82, 2.24) is 0 Å². The molecule has 0 unspecified atom stereocenters. The highest BCUT2D eigenvalue weighted by Gasteiger charge is 2.23. The maximum Gasteiger partial charge on any atom is 0.272 e. The SMILES string of the molecule is NN(C(=O)c1ccccc1)c1ccc(C(Cl)(Cl)Cl)cc1. The number of halogens is 3. The van der Waals surface area contributed by atoms with Crippen LogP contribution >= 0.6 is 34.8 Å². The fourth-order valence-electron chi connectivity index (χ4n) is 1.65. The summed E-state index contributed by atoms with van der Waals surface area (Å²) in [5, 5.41) is 1.05. The van der Waals surface area contributed by atoms with Gasteiger partial charge in [0.25, 0.3) is 5.91 Å². The van der Waals surface area contributed by atoms with Gasteiger partial charge in [0.05, 0.1) is 5.69 Å². The van der Waals surface area contributed by atoms with Gasteiger partial charge in [0, 0.05) is 11.1 Å². The Balaban J connectivity index is 2.22. The predicted molar refractivity (Wildman–Crippen MR) is 83.1 cm³/mol. The van der Waals surface area contributed by atoms with Crippen LogP contribution in [0.3, 0.4) is 0 Å². The molecule has 20 heavy (non-hydrogen) atoms. The minimum Gasteiger partial charge on any atom is -0.267 e. The zero-order valence-electron chi connectivity index (χ0n) is 10.3. The van der Waals surface area contributed by atoms with Crippen LogP contribution in [0.1, 0.15) is 15.9 Å². The van der Waals surface area contributed by atoms with Crippen molar-refractivity contribution in [2.24, 2.45) is 5.84 Å². The molecule has 0 fully saturated rings. The van der Waals surface area contributed by atoms with Gasteiger partial charge < -0.3 is 0 Å². The lowest BCUT2D eigenvalue weighted by Gasteiger charge is -2.18. The smallest absolute Gasteiger partial charge is 0.267 e. The molecule has 6 heteroatoms. The molecule has 0 heterocycles. The van der Waals surface area contributed by atoms with Gasteiger partial charge in [0.1, 0.15) is 0 Å². The first-order chi connectivity index (χ1) is 9.39. The number of hydrogen-bond donors (Lipinski definition) is 1. The van der Waals surface area contributed by atoms with Crippen LogP contribution in [0, 0.1) is 0 Å². The van der Waals surface area contributed by atoms with E-state index in [0.29, 0.717) is 16.8 Å². The van der Waals surface area contributed by atoms with Gasteiger partial charge in [0.2, 0.25) is 3.79 Å². The number of hydrazine groups is 1. The van der Waals surface area contributed by atoms with Crippen molar-refractivity contribution in [1.29, 1.82) is 0 Å². The first-order valence-electron chi connectivity index (χ1n) is 5.71. The molecule has 0 bridgehead atoms. The summed E-state index contributed by atoms with van der Waals surface area (Å²) in [6.07, 6.45) is 0. The summed E-state index contributed by atoms with van der Waals surface area (Å²) in [4.78, 5) is 12.1. The lowest BCUT2D eigenvalue weighted by Crippen LogP contribution is -2.37. The summed E-state index contributed by atoms with van der Waals surface area (Å²) in [5.41, 5.74) is 1.52. The third-order valence-corrected chi connectivity index (χ3v) is 3.37. The van der Waals surface area contributed by atoms with Crippen molar-refractivity contribution >= 4 is 46.4 Å². The van der Waals surface area contributed by atoms with E-state index in [9.17, 15) is 4.79 Å². The monoisotopic (exact) mass is 328 g/mol. The Hall–Kier alpha value is -1.26. The standard InChI is InChI=1S/C14H11Cl3N2O/c15-14(16,17)11-6-8-12(9-7-11)19(18)13(20)10-4-2-1-3-5-10/h1-9H,18H2. The van der Waals surface area contributed by atoms with Crippen LogP contribution in [-0.4, -0.2) is 5.91 Å². The van der Waals surface area contributed by atoms with Gasteiger partial charge in [-0.1, -0.05) is 65.1 Å². The van der Waals surface area contributed by atoms with Crippen LogP contribution in [0.25, 0.3) is 0 Å².